The summed E-state index contributed by atoms with van der Waals surface area (Å²) in [6.45, 7) is 1.53. The van der Waals surface area contributed by atoms with Crippen molar-refractivity contribution in [3.05, 3.63) is 0 Å². The zero-order valence-corrected chi connectivity index (χ0v) is 9.56. The Hall–Kier alpha value is -1.10. The molecule has 0 saturated carbocycles. The largest absolute Gasteiger partial charge is 0.480 e. The minimum Gasteiger partial charge on any atom is -0.480 e. The maximum absolute atomic E-state index is 12.2. The first-order valence-electron chi connectivity index (χ1n) is 5.85. The summed E-state index contributed by atoms with van der Waals surface area (Å²) in [5.41, 5.74) is 0. The molecule has 1 N–H and O–H groups in total. The number of carbonyl (C=O) groups is 2. The second-order valence-electron chi connectivity index (χ2n) is 4.67. The van der Waals surface area contributed by atoms with Crippen LogP contribution in [0.4, 0.5) is 0 Å². The van der Waals surface area contributed by atoms with E-state index >= 15 is 0 Å². The Kier molecular flexibility index (Phi) is 3.14. The van der Waals surface area contributed by atoms with Gasteiger partial charge in [0.25, 0.3) is 0 Å². The van der Waals surface area contributed by atoms with Crippen LogP contribution in [0.1, 0.15) is 25.7 Å². The van der Waals surface area contributed by atoms with Crippen LogP contribution in [-0.4, -0.2) is 59.0 Å². The molecule has 16 heavy (non-hydrogen) atoms. The topological polar surface area (TPSA) is 60.9 Å². The van der Waals surface area contributed by atoms with E-state index in [4.69, 9.17) is 5.11 Å². The summed E-state index contributed by atoms with van der Waals surface area (Å²) in [5.74, 6) is -0.864. The third kappa shape index (κ3) is 1.91. The quantitative estimate of drug-likeness (QED) is 0.728. The number of likely N-dealkylation sites (N-methyl/N-ethyl adjacent to an activating group) is 1. The Bertz CT molecular complexity index is 306. The lowest BCUT2D eigenvalue weighted by Crippen LogP contribution is -2.48. The van der Waals surface area contributed by atoms with Gasteiger partial charge in [-0.2, -0.15) is 0 Å². The predicted octanol–water partition coefficient (Wildman–Crippen LogP) is 0.156. The van der Waals surface area contributed by atoms with E-state index in [1.165, 1.54) is 0 Å². The molecule has 1 amide bonds. The van der Waals surface area contributed by atoms with E-state index in [1.54, 1.807) is 4.90 Å². The smallest absolute Gasteiger partial charge is 0.326 e. The molecular weight excluding hydrogens is 208 g/mol. The highest BCUT2D eigenvalue weighted by molar-refractivity contribution is 5.87. The maximum atomic E-state index is 12.2. The molecule has 2 aliphatic heterocycles. The molecule has 2 atom stereocenters. The van der Waals surface area contributed by atoms with Crippen molar-refractivity contribution in [2.75, 3.05) is 20.1 Å². The van der Waals surface area contributed by atoms with Crippen molar-refractivity contribution in [3.63, 3.8) is 0 Å². The molecule has 0 aromatic carbocycles. The molecule has 0 spiro atoms. The Balaban J connectivity index is 2.06. The minimum atomic E-state index is -0.869. The molecule has 0 aromatic rings. The van der Waals surface area contributed by atoms with Crippen LogP contribution < -0.4 is 0 Å². The average Bonchev–Trinajstić information content (AvgIpc) is 2.84. The fourth-order valence-corrected chi connectivity index (χ4v) is 2.70. The lowest BCUT2D eigenvalue weighted by Gasteiger charge is -2.27. The van der Waals surface area contributed by atoms with Crippen LogP contribution in [-0.2, 0) is 9.59 Å². The second kappa shape index (κ2) is 4.41. The second-order valence-corrected chi connectivity index (χ2v) is 4.67. The molecule has 2 saturated heterocycles. The van der Waals surface area contributed by atoms with Crippen LogP contribution in [0.25, 0.3) is 0 Å². The Labute approximate surface area is 95.0 Å². The summed E-state index contributed by atoms with van der Waals surface area (Å²) in [4.78, 5) is 26.8. The van der Waals surface area contributed by atoms with Crippen molar-refractivity contribution < 1.29 is 14.7 Å². The standard InChI is InChI=1S/C11H18N2O3/c1-12-6-2-4-8(12)10(14)13-7-3-5-9(13)11(15)16/h8-9H,2-7H2,1H3,(H,15,16)/t8-,9+/m0/s1. The molecule has 0 bridgehead atoms. The predicted molar refractivity (Wildman–Crippen MR) is 58.0 cm³/mol. The minimum absolute atomic E-state index is 0.00454. The normalized spacial score (nSPS) is 30.9. The number of hydrogen-bond donors (Lipinski definition) is 1. The number of amides is 1. The SMILES string of the molecule is CN1CCC[C@H]1C(=O)N1CCC[C@@H]1C(=O)O. The van der Waals surface area contributed by atoms with E-state index in [0.717, 1.165) is 25.8 Å². The first-order chi connectivity index (χ1) is 7.61. The molecule has 2 fully saturated rings. The number of carboxylic acid groups (broad SMARTS) is 1. The molecular formula is C11H18N2O3. The number of carbonyl (C=O) groups excluding carboxylic acids is 1. The van der Waals surface area contributed by atoms with E-state index in [2.05, 4.69) is 0 Å². The summed E-state index contributed by atoms with van der Waals surface area (Å²) in [5, 5.41) is 9.03. The number of rotatable bonds is 2. The van der Waals surface area contributed by atoms with Gasteiger partial charge in [-0.05, 0) is 39.3 Å². The zero-order valence-electron chi connectivity index (χ0n) is 9.56. The van der Waals surface area contributed by atoms with Crippen molar-refractivity contribution in [2.24, 2.45) is 0 Å². The Morgan fingerprint density at radius 2 is 1.75 bits per heavy atom. The molecule has 0 aliphatic carbocycles. The monoisotopic (exact) mass is 226 g/mol. The van der Waals surface area contributed by atoms with E-state index in [9.17, 15) is 9.59 Å². The molecule has 2 rings (SSSR count). The number of hydrogen-bond acceptors (Lipinski definition) is 3. The molecule has 0 aromatic heterocycles. The van der Waals surface area contributed by atoms with Gasteiger partial charge >= 0.3 is 5.97 Å². The van der Waals surface area contributed by atoms with Gasteiger partial charge in [-0.3, -0.25) is 9.69 Å². The van der Waals surface area contributed by atoms with Gasteiger partial charge in [0.05, 0.1) is 6.04 Å². The molecule has 2 heterocycles. The van der Waals surface area contributed by atoms with Crippen LogP contribution in [0, 0.1) is 0 Å². The van der Waals surface area contributed by atoms with Gasteiger partial charge in [0, 0.05) is 6.54 Å². The van der Waals surface area contributed by atoms with Gasteiger partial charge in [-0.1, -0.05) is 0 Å². The van der Waals surface area contributed by atoms with Gasteiger partial charge in [-0.15, -0.1) is 0 Å². The van der Waals surface area contributed by atoms with Gasteiger partial charge in [-0.25, -0.2) is 4.79 Å². The van der Waals surface area contributed by atoms with Crippen molar-refractivity contribution in [1.29, 1.82) is 0 Å². The summed E-state index contributed by atoms with van der Waals surface area (Å²) >= 11 is 0. The first kappa shape index (κ1) is 11.4. The molecule has 0 radical (unpaired) electrons. The number of carboxylic acids is 1. The highest BCUT2D eigenvalue weighted by atomic mass is 16.4. The van der Waals surface area contributed by atoms with E-state index in [-0.39, 0.29) is 11.9 Å². The summed E-state index contributed by atoms with van der Waals surface area (Å²) in [6.07, 6.45) is 3.29. The van der Waals surface area contributed by atoms with Gasteiger partial charge in [0.1, 0.15) is 6.04 Å². The third-order valence-corrected chi connectivity index (χ3v) is 3.63. The Morgan fingerprint density at radius 1 is 1.12 bits per heavy atom. The number of aliphatic carboxylic acids is 1. The van der Waals surface area contributed by atoms with Crippen LogP contribution in [0.3, 0.4) is 0 Å². The van der Waals surface area contributed by atoms with Crippen molar-refractivity contribution in [1.82, 2.24) is 9.80 Å². The maximum Gasteiger partial charge on any atom is 0.326 e. The van der Waals surface area contributed by atoms with Crippen LogP contribution in [0.15, 0.2) is 0 Å². The van der Waals surface area contributed by atoms with E-state index in [1.807, 2.05) is 11.9 Å². The lowest BCUT2D eigenvalue weighted by molar-refractivity contribution is -0.149. The van der Waals surface area contributed by atoms with Crippen molar-refractivity contribution in [3.8, 4) is 0 Å². The van der Waals surface area contributed by atoms with Crippen LogP contribution in [0.2, 0.25) is 0 Å². The third-order valence-electron chi connectivity index (χ3n) is 3.63. The highest BCUT2D eigenvalue weighted by Gasteiger charge is 2.39. The Morgan fingerprint density at radius 3 is 2.31 bits per heavy atom. The van der Waals surface area contributed by atoms with Gasteiger partial charge < -0.3 is 10.0 Å². The number of likely N-dealkylation sites (tertiary alicyclic amines) is 2. The molecule has 0 unspecified atom stereocenters. The van der Waals surface area contributed by atoms with Crippen molar-refractivity contribution in [2.45, 2.75) is 37.8 Å². The van der Waals surface area contributed by atoms with E-state index < -0.39 is 12.0 Å². The summed E-state index contributed by atoms with van der Waals surface area (Å²) in [6, 6.07) is -0.693. The molecule has 2 aliphatic rings. The first-order valence-corrected chi connectivity index (χ1v) is 5.85. The highest BCUT2D eigenvalue weighted by Crippen LogP contribution is 2.23. The fraction of sp³-hybridized carbons (Fsp3) is 0.818. The molecule has 5 heteroatoms. The van der Waals surface area contributed by atoms with E-state index in [0.29, 0.717) is 13.0 Å². The van der Waals surface area contributed by atoms with Gasteiger partial charge in [0.2, 0.25) is 5.91 Å². The van der Waals surface area contributed by atoms with Crippen LogP contribution >= 0.6 is 0 Å². The number of nitrogens with zero attached hydrogens (tertiary/aromatic N) is 2. The fourth-order valence-electron chi connectivity index (χ4n) is 2.70. The summed E-state index contributed by atoms with van der Waals surface area (Å²) < 4.78 is 0. The molecule has 5 nitrogen and oxygen atoms in total. The van der Waals surface area contributed by atoms with Crippen molar-refractivity contribution >= 4 is 11.9 Å². The lowest BCUT2D eigenvalue weighted by atomic mass is 10.1. The van der Waals surface area contributed by atoms with Crippen LogP contribution in [0.5, 0.6) is 0 Å². The zero-order chi connectivity index (χ0) is 11.7. The average molecular weight is 226 g/mol. The summed E-state index contributed by atoms with van der Waals surface area (Å²) in [7, 11) is 1.93. The van der Waals surface area contributed by atoms with Gasteiger partial charge in [0.15, 0.2) is 0 Å². The molecule has 90 valence electrons.